The molecule has 1 unspecified atom stereocenters. The topological polar surface area (TPSA) is 127 Å². The zero-order chi connectivity index (χ0) is 27.9. The van der Waals surface area contributed by atoms with Crippen molar-refractivity contribution in [2.24, 2.45) is 9.98 Å². The Morgan fingerprint density at radius 3 is 2.78 bits per heavy atom. The van der Waals surface area contributed by atoms with Gasteiger partial charge in [0, 0.05) is 30.1 Å². The molecule has 11 nitrogen and oxygen atoms in total. The van der Waals surface area contributed by atoms with Crippen LogP contribution >= 0.6 is 11.8 Å². The van der Waals surface area contributed by atoms with Crippen molar-refractivity contribution in [2.45, 2.75) is 24.8 Å². The third kappa shape index (κ3) is 4.72. The van der Waals surface area contributed by atoms with Gasteiger partial charge >= 0.3 is 0 Å². The molecule has 5 heterocycles. The summed E-state index contributed by atoms with van der Waals surface area (Å²) in [7, 11) is 0. The molecular formula is C29H22N6O5S. The molecule has 3 aliphatic heterocycles. The highest BCUT2D eigenvalue weighted by atomic mass is 32.2. The second-order valence-electron chi connectivity index (χ2n) is 9.54. The molecule has 204 valence electrons. The first-order chi connectivity index (χ1) is 20.0. The number of aromatic nitrogens is 2. The van der Waals surface area contributed by atoms with Gasteiger partial charge < -0.3 is 14.8 Å². The quantitative estimate of drug-likeness (QED) is 0.378. The van der Waals surface area contributed by atoms with Gasteiger partial charge in [-0.15, -0.1) is 0 Å². The van der Waals surface area contributed by atoms with Gasteiger partial charge in [0.1, 0.15) is 17.5 Å². The number of pyridine rings is 1. The number of aliphatic imine (C=N–C) groups is 2. The lowest BCUT2D eigenvalue weighted by molar-refractivity contribution is -0.126. The smallest absolute Gasteiger partial charge is 0.271 e. The van der Waals surface area contributed by atoms with Crippen molar-refractivity contribution in [2.75, 3.05) is 6.79 Å². The van der Waals surface area contributed by atoms with Gasteiger partial charge in [0.25, 0.3) is 11.5 Å². The van der Waals surface area contributed by atoms with E-state index in [2.05, 4.69) is 15.3 Å². The Morgan fingerprint density at radius 1 is 1.00 bits per heavy atom. The number of ether oxygens (including phenoxy) is 2. The van der Waals surface area contributed by atoms with Crippen LogP contribution in [0.1, 0.15) is 23.2 Å². The molecule has 0 saturated heterocycles. The molecule has 2 amide bonds. The number of hydrogen-bond acceptors (Lipinski definition) is 9. The summed E-state index contributed by atoms with van der Waals surface area (Å²) in [5.74, 6) is 1.38. The second-order valence-corrected chi connectivity index (χ2v) is 10.5. The Kier molecular flexibility index (Phi) is 6.23. The number of benzene rings is 2. The van der Waals surface area contributed by atoms with E-state index in [-0.39, 0.29) is 31.2 Å². The minimum absolute atomic E-state index is 0.103. The third-order valence-electron chi connectivity index (χ3n) is 6.89. The van der Waals surface area contributed by atoms with Crippen LogP contribution in [0.15, 0.2) is 87.7 Å². The second kappa shape index (κ2) is 10.2. The molecule has 12 heteroatoms. The lowest BCUT2D eigenvalue weighted by Gasteiger charge is -2.30. The maximum atomic E-state index is 13.1. The summed E-state index contributed by atoms with van der Waals surface area (Å²) in [6.07, 6.45) is 1.57. The standard InChI is InChI=1S/C29H22N6O5S/c36-25(30-14-17-8-9-22-23(11-17)40-16-39-22)13-21-28(38)33-27-19-5-1-2-6-20(19)32-29(35(21)27)41-15-18-12-26(37)34-10-4-3-7-24(34)31-18/h1-12,21H,13-16H2,(H,30,36). The predicted octanol–water partition coefficient (Wildman–Crippen LogP) is 3.02. The van der Waals surface area contributed by atoms with Crippen molar-refractivity contribution in [3.63, 3.8) is 0 Å². The molecule has 0 saturated carbocycles. The van der Waals surface area contributed by atoms with Gasteiger partial charge in [-0.25, -0.2) is 9.98 Å². The first-order valence-electron chi connectivity index (χ1n) is 12.9. The number of nitrogens with zero attached hydrogens (tertiary/aromatic N) is 5. The monoisotopic (exact) mass is 566 g/mol. The average Bonchev–Trinajstić information content (AvgIpc) is 3.59. The number of carbonyl (C=O) groups excluding carboxylic acids is 2. The fraction of sp³-hybridized carbons (Fsp3) is 0.172. The van der Waals surface area contributed by atoms with Crippen molar-refractivity contribution in [1.82, 2.24) is 19.6 Å². The Labute approximate surface area is 237 Å². The largest absolute Gasteiger partial charge is 0.454 e. The summed E-state index contributed by atoms with van der Waals surface area (Å²) in [6.45, 7) is 0.442. The lowest BCUT2D eigenvalue weighted by Crippen LogP contribution is -2.45. The predicted molar refractivity (Wildman–Crippen MR) is 152 cm³/mol. The number of amides is 2. The van der Waals surface area contributed by atoms with Gasteiger partial charge in [0.2, 0.25) is 12.7 Å². The van der Waals surface area contributed by atoms with Gasteiger partial charge in [-0.3, -0.25) is 23.7 Å². The average molecular weight is 567 g/mol. The molecule has 4 aromatic rings. The molecule has 2 aromatic carbocycles. The van der Waals surface area contributed by atoms with Gasteiger partial charge in [0.05, 0.1) is 17.8 Å². The van der Waals surface area contributed by atoms with Crippen LogP contribution in [0, 0.1) is 0 Å². The van der Waals surface area contributed by atoms with E-state index >= 15 is 0 Å². The van der Waals surface area contributed by atoms with E-state index in [1.165, 1.54) is 22.2 Å². The van der Waals surface area contributed by atoms with E-state index in [0.717, 1.165) is 11.1 Å². The minimum Gasteiger partial charge on any atom is -0.454 e. The number of fused-ring (bicyclic) bond motifs is 5. The fourth-order valence-corrected chi connectivity index (χ4v) is 5.86. The van der Waals surface area contributed by atoms with Crippen molar-refractivity contribution in [3.8, 4) is 11.5 Å². The first kappa shape index (κ1) is 25.0. The normalized spacial score (nSPS) is 16.7. The summed E-state index contributed by atoms with van der Waals surface area (Å²) >= 11 is 1.34. The highest BCUT2D eigenvalue weighted by molar-refractivity contribution is 8.13. The van der Waals surface area contributed by atoms with Crippen molar-refractivity contribution in [1.29, 1.82) is 0 Å². The lowest BCUT2D eigenvalue weighted by atomic mass is 10.1. The fourth-order valence-electron chi connectivity index (χ4n) is 4.92. The van der Waals surface area contributed by atoms with E-state index in [0.29, 0.717) is 45.3 Å². The third-order valence-corrected chi connectivity index (χ3v) is 7.87. The molecule has 2 aromatic heterocycles. The highest BCUT2D eigenvalue weighted by Gasteiger charge is 2.42. The summed E-state index contributed by atoms with van der Waals surface area (Å²) < 4.78 is 12.2. The van der Waals surface area contributed by atoms with Crippen molar-refractivity contribution >= 4 is 45.9 Å². The molecule has 0 radical (unpaired) electrons. The van der Waals surface area contributed by atoms with Gasteiger partial charge in [-0.05, 0) is 42.0 Å². The van der Waals surface area contributed by atoms with Crippen LogP contribution in [0.25, 0.3) is 5.65 Å². The number of nitrogens with one attached hydrogen (secondary N) is 1. The van der Waals surface area contributed by atoms with Crippen molar-refractivity contribution < 1.29 is 19.1 Å². The number of thioether (sulfide) groups is 1. The molecule has 1 N–H and O–H groups in total. The molecule has 41 heavy (non-hydrogen) atoms. The Hall–Kier alpha value is -4.97. The van der Waals surface area contributed by atoms with Crippen LogP contribution in [0.5, 0.6) is 11.5 Å². The summed E-state index contributed by atoms with van der Waals surface area (Å²) in [6, 6.07) is 18.9. The molecular weight excluding hydrogens is 544 g/mol. The minimum atomic E-state index is -0.850. The van der Waals surface area contributed by atoms with Gasteiger partial charge in [-0.2, -0.15) is 4.99 Å². The van der Waals surface area contributed by atoms with E-state index in [1.54, 1.807) is 29.3 Å². The van der Waals surface area contributed by atoms with E-state index in [1.807, 2.05) is 42.5 Å². The number of carbonyl (C=O) groups is 2. The van der Waals surface area contributed by atoms with Gasteiger partial charge in [0.15, 0.2) is 16.7 Å². The Morgan fingerprint density at radius 2 is 1.85 bits per heavy atom. The molecule has 0 spiro atoms. The van der Waals surface area contributed by atoms with E-state index < -0.39 is 11.9 Å². The zero-order valence-corrected chi connectivity index (χ0v) is 22.3. The first-order valence-corrected chi connectivity index (χ1v) is 13.9. The van der Waals surface area contributed by atoms with Crippen molar-refractivity contribution in [3.05, 3.63) is 100 Å². The molecule has 7 rings (SSSR count). The maximum absolute atomic E-state index is 13.1. The molecule has 1 atom stereocenters. The van der Waals surface area contributed by atoms with Crippen LogP contribution in [-0.2, 0) is 21.9 Å². The van der Waals surface area contributed by atoms with E-state index in [4.69, 9.17) is 14.5 Å². The zero-order valence-electron chi connectivity index (χ0n) is 21.5. The summed E-state index contributed by atoms with van der Waals surface area (Å²) in [5, 5.41) is 3.40. The summed E-state index contributed by atoms with van der Waals surface area (Å²) in [4.78, 5) is 54.2. The van der Waals surface area contributed by atoms with Gasteiger partial charge in [-0.1, -0.05) is 36.0 Å². The van der Waals surface area contributed by atoms with Crippen LogP contribution in [0.3, 0.4) is 0 Å². The number of para-hydroxylation sites is 1. The van der Waals surface area contributed by atoms with E-state index in [9.17, 15) is 14.4 Å². The van der Waals surface area contributed by atoms with Crippen LogP contribution in [0.2, 0.25) is 0 Å². The van der Waals surface area contributed by atoms with Crippen LogP contribution < -0.4 is 20.3 Å². The number of hydrogen-bond donors (Lipinski definition) is 1. The SMILES string of the molecule is O=C(CC1C(=O)N=C2c3ccccc3N=C(SCc3cc(=O)n4ccccc4n3)N21)NCc1ccc2c(c1)OCO2. The molecule has 0 bridgehead atoms. The Balaban J connectivity index is 1.11. The summed E-state index contributed by atoms with van der Waals surface area (Å²) in [5.41, 5.74) is 3.18. The van der Waals surface area contributed by atoms with Crippen LogP contribution in [0.4, 0.5) is 5.69 Å². The maximum Gasteiger partial charge on any atom is 0.271 e. The highest BCUT2D eigenvalue weighted by Crippen LogP contribution is 2.36. The molecule has 0 aliphatic carbocycles. The Bertz CT molecular complexity index is 1850. The number of amidine groups is 2. The molecule has 3 aliphatic rings. The molecule has 0 fully saturated rings. The van der Waals surface area contributed by atoms with Crippen LogP contribution in [-0.4, -0.2) is 49.9 Å². The number of rotatable bonds is 6.